The highest BCUT2D eigenvalue weighted by Crippen LogP contribution is 2.28. The minimum atomic E-state index is 0.140. The largest absolute Gasteiger partial charge is 0.316 e. The van der Waals surface area contributed by atoms with Crippen molar-refractivity contribution in [1.82, 2.24) is 24.9 Å². The zero-order chi connectivity index (χ0) is 17.9. The zero-order valence-electron chi connectivity index (χ0n) is 13.8. The fourth-order valence-corrected chi connectivity index (χ4v) is 3.27. The molecule has 0 aromatic carbocycles. The summed E-state index contributed by atoms with van der Waals surface area (Å²) in [5.74, 6) is 0.907. The second-order valence-electron chi connectivity index (χ2n) is 5.47. The summed E-state index contributed by atoms with van der Waals surface area (Å²) in [5, 5.41) is 12.8. The third-order valence-electron chi connectivity index (χ3n) is 3.77. The van der Waals surface area contributed by atoms with Crippen LogP contribution in [0.5, 0.6) is 0 Å². The zero-order valence-corrected chi connectivity index (χ0v) is 14.7. The van der Waals surface area contributed by atoms with Gasteiger partial charge in [0.05, 0.1) is 5.69 Å². The van der Waals surface area contributed by atoms with Crippen LogP contribution in [0.1, 0.15) is 18.3 Å². The molecular formula is C18H13N7S. The van der Waals surface area contributed by atoms with E-state index in [4.69, 9.17) is 5.26 Å². The Morgan fingerprint density at radius 3 is 2.73 bits per heavy atom. The van der Waals surface area contributed by atoms with Gasteiger partial charge < -0.3 is 5.32 Å². The molecule has 4 heterocycles. The van der Waals surface area contributed by atoms with Gasteiger partial charge in [0.25, 0.3) is 0 Å². The number of thiazole rings is 1. The lowest BCUT2D eigenvalue weighted by molar-refractivity contribution is 1.11. The molecule has 4 aromatic heterocycles. The van der Waals surface area contributed by atoms with Gasteiger partial charge in [-0.15, -0.1) is 0 Å². The first-order chi connectivity index (χ1) is 12.7. The maximum atomic E-state index is 8.79. The highest BCUT2D eigenvalue weighted by molar-refractivity contribution is 7.21. The molecule has 4 rings (SSSR count). The number of aryl methyl sites for hydroxylation is 1. The number of hydrogen-bond donors (Lipinski definition) is 1. The van der Waals surface area contributed by atoms with E-state index < -0.39 is 0 Å². The van der Waals surface area contributed by atoms with Crippen LogP contribution in [-0.4, -0.2) is 24.9 Å². The van der Waals surface area contributed by atoms with Crippen LogP contribution in [0.2, 0.25) is 0 Å². The molecule has 0 aliphatic rings. The van der Waals surface area contributed by atoms with Crippen LogP contribution < -0.4 is 5.32 Å². The van der Waals surface area contributed by atoms with Crippen molar-refractivity contribution >= 4 is 32.6 Å². The van der Waals surface area contributed by atoms with Gasteiger partial charge in [-0.2, -0.15) is 5.26 Å². The number of hydrogen-bond acceptors (Lipinski definition) is 8. The molecule has 0 atom stereocenters. The van der Waals surface area contributed by atoms with E-state index in [9.17, 15) is 0 Å². The maximum Gasteiger partial charge on any atom is 0.232 e. The van der Waals surface area contributed by atoms with Gasteiger partial charge in [-0.25, -0.2) is 24.9 Å². The lowest BCUT2D eigenvalue weighted by Gasteiger charge is -2.02. The quantitative estimate of drug-likeness (QED) is 0.592. The first-order valence-electron chi connectivity index (χ1n) is 7.97. The van der Waals surface area contributed by atoms with Crippen LogP contribution in [-0.2, 0) is 6.42 Å². The number of nitrogens with zero attached hydrogens (tertiary/aromatic N) is 6. The number of nitriles is 1. The lowest BCUT2D eigenvalue weighted by atomic mass is 10.2. The Hall–Kier alpha value is -3.44. The minimum Gasteiger partial charge on any atom is -0.316 e. The van der Waals surface area contributed by atoms with Crippen LogP contribution in [0, 0.1) is 11.3 Å². The molecule has 7 nitrogen and oxygen atoms in total. The topological polar surface area (TPSA) is 100 Å². The number of aromatic nitrogens is 5. The van der Waals surface area contributed by atoms with E-state index in [2.05, 4.69) is 37.2 Å². The molecule has 8 heteroatoms. The van der Waals surface area contributed by atoms with Crippen LogP contribution >= 0.6 is 11.3 Å². The fourth-order valence-electron chi connectivity index (χ4n) is 2.42. The fraction of sp³-hybridized carbons (Fsp3) is 0.111. The SMILES string of the molecule is CCc1ccnc(Nc2nc3ccc(-c4cnc(C#N)nc4)nc3s2)c1. The van der Waals surface area contributed by atoms with Crippen molar-refractivity contribution < 1.29 is 0 Å². The molecule has 4 aromatic rings. The van der Waals surface area contributed by atoms with Crippen LogP contribution in [0.15, 0.2) is 42.9 Å². The van der Waals surface area contributed by atoms with Gasteiger partial charge in [0, 0.05) is 24.2 Å². The number of pyridine rings is 2. The summed E-state index contributed by atoms with van der Waals surface area (Å²) < 4.78 is 0. The minimum absolute atomic E-state index is 0.140. The molecule has 0 fully saturated rings. The number of rotatable bonds is 4. The Morgan fingerprint density at radius 2 is 1.96 bits per heavy atom. The highest BCUT2D eigenvalue weighted by Gasteiger charge is 2.09. The molecule has 0 bridgehead atoms. The summed E-state index contributed by atoms with van der Waals surface area (Å²) in [6, 6.07) is 9.69. The second kappa shape index (κ2) is 6.82. The third-order valence-corrected chi connectivity index (χ3v) is 4.65. The Labute approximate surface area is 153 Å². The van der Waals surface area contributed by atoms with Gasteiger partial charge in [0.2, 0.25) is 5.82 Å². The van der Waals surface area contributed by atoms with E-state index in [0.29, 0.717) is 0 Å². The van der Waals surface area contributed by atoms with Crippen molar-refractivity contribution in [2.75, 3.05) is 5.32 Å². The Morgan fingerprint density at radius 1 is 1.12 bits per heavy atom. The lowest BCUT2D eigenvalue weighted by Crippen LogP contribution is -1.93. The van der Waals surface area contributed by atoms with Crippen molar-refractivity contribution in [3.63, 3.8) is 0 Å². The summed E-state index contributed by atoms with van der Waals surface area (Å²) in [7, 11) is 0. The molecule has 0 radical (unpaired) electrons. The third kappa shape index (κ3) is 3.20. The normalized spacial score (nSPS) is 10.6. The van der Waals surface area contributed by atoms with Crippen molar-refractivity contribution in [3.8, 4) is 17.3 Å². The van der Waals surface area contributed by atoms with Crippen molar-refractivity contribution in [1.29, 1.82) is 5.26 Å². The molecule has 0 saturated carbocycles. The average Bonchev–Trinajstić information content (AvgIpc) is 3.09. The monoisotopic (exact) mass is 359 g/mol. The predicted molar refractivity (Wildman–Crippen MR) is 100 cm³/mol. The standard InChI is InChI=1S/C18H13N7S/c1-2-11-5-6-20-15(7-11)25-18-24-14-4-3-13(23-17(14)26-18)12-9-21-16(8-19)22-10-12/h3-7,9-10H,2H2,1H3,(H,20,24,25). The first-order valence-corrected chi connectivity index (χ1v) is 8.79. The van der Waals surface area contributed by atoms with Crippen molar-refractivity contribution in [3.05, 3.63) is 54.2 Å². The molecule has 26 heavy (non-hydrogen) atoms. The van der Waals surface area contributed by atoms with Crippen LogP contribution in [0.25, 0.3) is 21.6 Å². The van der Waals surface area contributed by atoms with Crippen molar-refractivity contribution in [2.24, 2.45) is 0 Å². The van der Waals surface area contributed by atoms with E-state index in [-0.39, 0.29) is 5.82 Å². The van der Waals surface area contributed by atoms with E-state index in [1.54, 1.807) is 18.6 Å². The molecule has 1 N–H and O–H groups in total. The second-order valence-corrected chi connectivity index (χ2v) is 6.45. The summed E-state index contributed by atoms with van der Waals surface area (Å²) in [5.41, 5.74) is 3.52. The van der Waals surface area contributed by atoms with Crippen molar-refractivity contribution in [2.45, 2.75) is 13.3 Å². The Kier molecular flexibility index (Phi) is 4.21. The van der Waals surface area contributed by atoms with Gasteiger partial charge in [-0.05, 0) is 36.2 Å². The highest BCUT2D eigenvalue weighted by atomic mass is 32.1. The van der Waals surface area contributed by atoms with Gasteiger partial charge in [0.1, 0.15) is 22.2 Å². The van der Waals surface area contributed by atoms with E-state index in [1.807, 2.05) is 30.3 Å². The van der Waals surface area contributed by atoms with Gasteiger partial charge >= 0.3 is 0 Å². The van der Waals surface area contributed by atoms with Gasteiger partial charge in [-0.1, -0.05) is 18.3 Å². The van der Waals surface area contributed by atoms with E-state index >= 15 is 0 Å². The summed E-state index contributed by atoms with van der Waals surface area (Å²) in [6.07, 6.45) is 5.94. The molecule has 126 valence electrons. The van der Waals surface area contributed by atoms with E-state index in [1.165, 1.54) is 16.9 Å². The number of fused-ring (bicyclic) bond motifs is 1. The van der Waals surface area contributed by atoms with Crippen LogP contribution in [0.4, 0.5) is 10.9 Å². The maximum absolute atomic E-state index is 8.79. The van der Waals surface area contributed by atoms with Gasteiger partial charge in [-0.3, -0.25) is 0 Å². The van der Waals surface area contributed by atoms with E-state index in [0.717, 1.165) is 39.0 Å². The molecule has 0 spiro atoms. The average molecular weight is 359 g/mol. The molecular weight excluding hydrogens is 346 g/mol. The van der Waals surface area contributed by atoms with Crippen LogP contribution in [0.3, 0.4) is 0 Å². The molecule has 0 aliphatic carbocycles. The predicted octanol–water partition coefficient (Wildman–Crippen LogP) is 3.72. The smallest absolute Gasteiger partial charge is 0.232 e. The number of anilines is 2. The Bertz CT molecular complexity index is 1110. The summed E-state index contributed by atoms with van der Waals surface area (Å²) >= 11 is 1.46. The first kappa shape index (κ1) is 16.1. The van der Waals surface area contributed by atoms with Gasteiger partial charge in [0.15, 0.2) is 5.13 Å². The molecule has 0 amide bonds. The number of nitrogens with one attached hydrogen (secondary N) is 1. The molecule has 0 saturated heterocycles. The summed E-state index contributed by atoms with van der Waals surface area (Å²) in [4.78, 5) is 22.3. The molecule has 0 aliphatic heterocycles. The molecule has 0 unspecified atom stereocenters. The summed E-state index contributed by atoms with van der Waals surface area (Å²) in [6.45, 7) is 2.11. The Balaban J connectivity index is 1.63.